The summed E-state index contributed by atoms with van der Waals surface area (Å²) in [4.78, 5) is 33.0. The first-order chi connectivity index (χ1) is 10.2. The molecule has 22 heavy (non-hydrogen) atoms. The molecule has 2 amide bonds. The first kappa shape index (κ1) is 17.4. The van der Waals surface area contributed by atoms with Crippen LogP contribution in [-0.4, -0.2) is 29.1 Å². The number of nitrogens with zero attached hydrogens (tertiary/aromatic N) is 1. The minimum absolute atomic E-state index is 0.0123. The normalized spacial score (nSPS) is 10.7. The van der Waals surface area contributed by atoms with Gasteiger partial charge in [-0.15, -0.1) is 0 Å². The van der Waals surface area contributed by atoms with Crippen molar-refractivity contribution in [3.05, 3.63) is 39.9 Å². The fourth-order valence-electron chi connectivity index (χ4n) is 1.47. The first-order valence-electron chi connectivity index (χ1n) is 6.64. The average molecular weight is 309 g/mol. The van der Waals surface area contributed by atoms with Gasteiger partial charge in [-0.25, -0.2) is 4.79 Å². The van der Waals surface area contributed by atoms with E-state index < -0.39 is 16.6 Å². The molecule has 2 N–H and O–H groups in total. The van der Waals surface area contributed by atoms with Crippen molar-refractivity contribution in [1.29, 1.82) is 0 Å². The number of carbonyl (C=O) groups is 2. The van der Waals surface area contributed by atoms with Crippen LogP contribution in [0.3, 0.4) is 0 Å². The van der Waals surface area contributed by atoms with Gasteiger partial charge in [0.25, 0.3) is 5.69 Å². The zero-order valence-electron chi connectivity index (χ0n) is 12.7. The average Bonchev–Trinajstić information content (AvgIpc) is 2.41. The van der Waals surface area contributed by atoms with Gasteiger partial charge in [-0.3, -0.25) is 14.9 Å². The van der Waals surface area contributed by atoms with Crippen molar-refractivity contribution in [3.8, 4) is 0 Å². The molecule has 1 aromatic carbocycles. The second kappa shape index (κ2) is 7.39. The van der Waals surface area contributed by atoms with Gasteiger partial charge in [-0.2, -0.15) is 0 Å². The van der Waals surface area contributed by atoms with Gasteiger partial charge < -0.3 is 15.4 Å². The summed E-state index contributed by atoms with van der Waals surface area (Å²) >= 11 is 0. The number of amides is 2. The number of hydrogen-bond acceptors (Lipinski definition) is 5. The third-order valence-electron chi connectivity index (χ3n) is 2.43. The van der Waals surface area contributed by atoms with Gasteiger partial charge in [0, 0.05) is 18.7 Å². The maximum Gasteiger partial charge on any atom is 0.408 e. The van der Waals surface area contributed by atoms with Crippen LogP contribution in [-0.2, 0) is 16.1 Å². The standard InChI is InChI=1S/C14H19N3O5/c1-14(2,3)22-13(19)16-9-12(18)15-8-10-4-6-11(7-5-10)17(20)21/h4-7H,8-9H2,1-3H3,(H,15,18)(H,16,19). The molecule has 0 aliphatic carbocycles. The lowest BCUT2D eigenvalue weighted by molar-refractivity contribution is -0.384. The molecular weight excluding hydrogens is 290 g/mol. The molecule has 0 saturated carbocycles. The van der Waals surface area contributed by atoms with Crippen molar-refractivity contribution in [2.45, 2.75) is 32.9 Å². The molecule has 0 aromatic heterocycles. The van der Waals surface area contributed by atoms with Crippen molar-refractivity contribution in [3.63, 3.8) is 0 Å². The maximum atomic E-state index is 11.6. The fraction of sp³-hybridized carbons (Fsp3) is 0.429. The van der Waals surface area contributed by atoms with E-state index in [-0.39, 0.29) is 24.7 Å². The van der Waals surface area contributed by atoms with Crippen LogP contribution in [0.5, 0.6) is 0 Å². The minimum Gasteiger partial charge on any atom is -0.444 e. The second-order valence-corrected chi connectivity index (χ2v) is 5.56. The Balaban J connectivity index is 2.34. The van der Waals surface area contributed by atoms with Crippen LogP contribution in [0, 0.1) is 10.1 Å². The number of alkyl carbamates (subject to hydrolysis) is 1. The fourth-order valence-corrected chi connectivity index (χ4v) is 1.47. The van der Waals surface area contributed by atoms with Crippen LogP contribution in [0.4, 0.5) is 10.5 Å². The molecule has 0 atom stereocenters. The van der Waals surface area contributed by atoms with Crippen LogP contribution < -0.4 is 10.6 Å². The molecule has 0 heterocycles. The second-order valence-electron chi connectivity index (χ2n) is 5.56. The van der Waals surface area contributed by atoms with E-state index in [4.69, 9.17) is 4.74 Å². The zero-order chi connectivity index (χ0) is 16.8. The summed E-state index contributed by atoms with van der Waals surface area (Å²) in [6.45, 7) is 5.18. The van der Waals surface area contributed by atoms with E-state index in [0.29, 0.717) is 0 Å². The van der Waals surface area contributed by atoms with E-state index in [1.807, 2.05) is 0 Å². The summed E-state index contributed by atoms with van der Waals surface area (Å²) in [5, 5.41) is 15.4. The molecule has 1 rings (SSSR count). The van der Waals surface area contributed by atoms with Gasteiger partial charge in [0.15, 0.2) is 0 Å². The Morgan fingerprint density at radius 2 is 1.77 bits per heavy atom. The monoisotopic (exact) mass is 309 g/mol. The van der Waals surface area contributed by atoms with Gasteiger partial charge >= 0.3 is 6.09 Å². The summed E-state index contributed by atoms with van der Waals surface area (Å²) in [5.74, 6) is -0.385. The highest BCUT2D eigenvalue weighted by Crippen LogP contribution is 2.11. The lowest BCUT2D eigenvalue weighted by Gasteiger charge is -2.19. The van der Waals surface area contributed by atoms with Gasteiger partial charge in [0.05, 0.1) is 4.92 Å². The minimum atomic E-state index is -0.669. The summed E-state index contributed by atoms with van der Waals surface area (Å²) in [6.07, 6.45) is -0.669. The number of non-ortho nitro benzene ring substituents is 1. The third kappa shape index (κ3) is 6.69. The Hall–Kier alpha value is -2.64. The maximum absolute atomic E-state index is 11.6. The molecule has 0 spiro atoms. The van der Waals surface area contributed by atoms with Crippen LogP contribution in [0.15, 0.2) is 24.3 Å². The number of carbonyl (C=O) groups excluding carboxylic acids is 2. The molecule has 0 fully saturated rings. The molecule has 120 valence electrons. The molecule has 0 unspecified atom stereocenters. The van der Waals surface area contributed by atoms with Gasteiger partial charge in [0.2, 0.25) is 5.91 Å². The first-order valence-corrected chi connectivity index (χ1v) is 6.64. The van der Waals surface area contributed by atoms with Crippen molar-refractivity contribution in [1.82, 2.24) is 10.6 Å². The van der Waals surface area contributed by atoms with Crippen LogP contribution >= 0.6 is 0 Å². The number of hydrogen-bond donors (Lipinski definition) is 2. The van der Waals surface area contributed by atoms with E-state index in [1.54, 1.807) is 32.9 Å². The summed E-state index contributed by atoms with van der Waals surface area (Å²) in [5.41, 5.74) is 0.0807. The Morgan fingerprint density at radius 3 is 2.27 bits per heavy atom. The van der Waals surface area contributed by atoms with E-state index in [2.05, 4.69) is 10.6 Å². The Morgan fingerprint density at radius 1 is 1.18 bits per heavy atom. The summed E-state index contributed by atoms with van der Waals surface area (Å²) < 4.78 is 4.99. The largest absolute Gasteiger partial charge is 0.444 e. The van der Waals surface area contributed by atoms with Crippen LogP contribution in [0.2, 0.25) is 0 Å². The van der Waals surface area contributed by atoms with E-state index in [0.717, 1.165) is 5.56 Å². The third-order valence-corrected chi connectivity index (χ3v) is 2.43. The van der Waals surface area contributed by atoms with Crippen molar-refractivity contribution < 1.29 is 19.2 Å². The molecule has 1 aromatic rings. The molecule has 0 bridgehead atoms. The van der Waals surface area contributed by atoms with Crippen LogP contribution in [0.1, 0.15) is 26.3 Å². The summed E-state index contributed by atoms with van der Waals surface area (Å²) in [7, 11) is 0. The molecule has 8 heteroatoms. The number of ether oxygens (including phenoxy) is 1. The molecule has 8 nitrogen and oxygen atoms in total. The number of nitro groups is 1. The number of nitro benzene ring substituents is 1. The van der Waals surface area contributed by atoms with Crippen molar-refractivity contribution in [2.75, 3.05) is 6.54 Å². The van der Waals surface area contributed by atoms with Gasteiger partial charge in [0.1, 0.15) is 12.1 Å². The van der Waals surface area contributed by atoms with Gasteiger partial charge in [-0.05, 0) is 26.3 Å². The predicted octanol–water partition coefficient (Wildman–Crippen LogP) is 1.74. The highest BCUT2D eigenvalue weighted by atomic mass is 16.6. The highest BCUT2D eigenvalue weighted by molar-refractivity contribution is 5.82. The number of rotatable bonds is 5. The van der Waals surface area contributed by atoms with Gasteiger partial charge in [-0.1, -0.05) is 12.1 Å². The smallest absolute Gasteiger partial charge is 0.408 e. The lowest BCUT2D eigenvalue weighted by Crippen LogP contribution is -2.39. The Labute approximate surface area is 128 Å². The van der Waals surface area contributed by atoms with E-state index >= 15 is 0 Å². The summed E-state index contributed by atoms with van der Waals surface area (Å²) in [6, 6.07) is 5.83. The van der Waals surface area contributed by atoms with E-state index in [9.17, 15) is 19.7 Å². The lowest BCUT2D eigenvalue weighted by atomic mass is 10.2. The van der Waals surface area contributed by atoms with Crippen molar-refractivity contribution in [2.24, 2.45) is 0 Å². The number of nitrogens with one attached hydrogen (secondary N) is 2. The topological polar surface area (TPSA) is 111 Å². The SMILES string of the molecule is CC(C)(C)OC(=O)NCC(=O)NCc1ccc([N+](=O)[O-])cc1. The molecule has 0 saturated heterocycles. The Bertz CT molecular complexity index is 549. The number of benzene rings is 1. The molecular formula is C14H19N3O5. The van der Waals surface area contributed by atoms with E-state index in [1.165, 1.54) is 12.1 Å². The Kier molecular flexibility index (Phi) is 5.85. The van der Waals surface area contributed by atoms with Crippen LogP contribution in [0.25, 0.3) is 0 Å². The predicted molar refractivity (Wildman–Crippen MR) is 79.2 cm³/mol. The quantitative estimate of drug-likeness (QED) is 0.635. The zero-order valence-corrected chi connectivity index (χ0v) is 12.7. The molecule has 0 aliphatic heterocycles. The molecule has 0 radical (unpaired) electrons. The highest BCUT2D eigenvalue weighted by Gasteiger charge is 2.16. The van der Waals surface area contributed by atoms with Crippen molar-refractivity contribution >= 4 is 17.7 Å². The molecule has 0 aliphatic rings.